The Hall–Kier alpha value is -1.15. The molecule has 1 aromatic rings. The highest BCUT2D eigenvalue weighted by Gasteiger charge is 2.61. The normalized spacial score (nSPS) is 35.8. The first-order chi connectivity index (χ1) is 9.48. The standard InChI is InChI=1S/C18H24O2/c1-4-12-7-6-8-13-11-14-15(19)9-10-17(3,20)18(14,5-2)16(12)13/h6-8,14,20H,4-5,9-11H2,1-3H3/t14-,17?,18+/m0/s1. The van der Waals surface area contributed by atoms with E-state index in [9.17, 15) is 9.90 Å². The van der Waals surface area contributed by atoms with Gasteiger partial charge in [0.05, 0.1) is 5.60 Å². The summed E-state index contributed by atoms with van der Waals surface area (Å²) < 4.78 is 0. The van der Waals surface area contributed by atoms with Crippen LogP contribution in [0.25, 0.3) is 0 Å². The van der Waals surface area contributed by atoms with Gasteiger partial charge in [-0.05, 0) is 49.3 Å². The van der Waals surface area contributed by atoms with Crippen LogP contribution >= 0.6 is 0 Å². The van der Waals surface area contributed by atoms with Gasteiger partial charge in [-0.25, -0.2) is 0 Å². The zero-order valence-electron chi connectivity index (χ0n) is 12.7. The van der Waals surface area contributed by atoms with Crippen LogP contribution < -0.4 is 0 Å². The van der Waals surface area contributed by atoms with E-state index in [2.05, 4.69) is 32.0 Å². The molecule has 0 heterocycles. The summed E-state index contributed by atoms with van der Waals surface area (Å²) in [6.45, 7) is 6.23. The number of fused-ring (bicyclic) bond motifs is 3. The van der Waals surface area contributed by atoms with Gasteiger partial charge in [0.15, 0.2) is 0 Å². The molecule has 1 N–H and O–H groups in total. The topological polar surface area (TPSA) is 37.3 Å². The highest BCUT2D eigenvalue weighted by atomic mass is 16.3. The summed E-state index contributed by atoms with van der Waals surface area (Å²) in [5.41, 5.74) is 2.72. The van der Waals surface area contributed by atoms with Gasteiger partial charge in [-0.3, -0.25) is 4.79 Å². The molecule has 0 amide bonds. The van der Waals surface area contributed by atoms with Gasteiger partial charge in [-0.2, -0.15) is 0 Å². The summed E-state index contributed by atoms with van der Waals surface area (Å²) in [7, 11) is 0. The molecule has 0 spiro atoms. The van der Waals surface area contributed by atoms with E-state index in [1.165, 1.54) is 16.7 Å². The maximum absolute atomic E-state index is 12.5. The Bertz CT molecular complexity index is 559. The molecule has 1 saturated carbocycles. The van der Waals surface area contributed by atoms with Crippen molar-refractivity contribution < 1.29 is 9.90 Å². The van der Waals surface area contributed by atoms with Crippen molar-refractivity contribution in [3.63, 3.8) is 0 Å². The molecular weight excluding hydrogens is 248 g/mol. The van der Waals surface area contributed by atoms with Crippen LogP contribution in [0.2, 0.25) is 0 Å². The smallest absolute Gasteiger partial charge is 0.137 e. The van der Waals surface area contributed by atoms with Crippen molar-refractivity contribution in [1.82, 2.24) is 0 Å². The molecule has 0 saturated heterocycles. The zero-order valence-corrected chi connectivity index (χ0v) is 12.7. The maximum Gasteiger partial charge on any atom is 0.137 e. The van der Waals surface area contributed by atoms with Crippen LogP contribution in [0.3, 0.4) is 0 Å². The van der Waals surface area contributed by atoms with Crippen LogP contribution in [0.1, 0.15) is 56.7 Å². The second-order valence-corrected chi connectivity index (χ2v) is 6.63. The van der Waals surface area contributed by atoms with Gasteiger partial charge < -0.3 is 5.11 Å². The first kappa shape index (κ1) is 13.8. The largest absolute Gasteiger partial charge is 0.389 e. The average molecular weight is 272 g/mol. The SMILES string of the molecule is CCc1cccc2c1[C@@]1(CC)[C@@H](C2)C(=O)CCC1(C)O. The fourth-order valence-electron chi connectivity index (χ4n) is 4.86. The number of ketones is 1. The molecule has 0 bridgehead atoms. The molecule has 0 aromatic heterocycles. The van der Waals surface area contributed by atoms with Crippen molar-refractivity contribution in [3.8, 4) is 0 Å². The quantitative estimate of drug-likeness (QED) is 0.897. The van der Waals surface area contributed by atoms with E-state index in [1.807, 2.05) is 6.92 Å². The molecule has 0 radical (unpaired) electrons. The van der Waals surface area contributed by atoms with Gasteiger partial charge >= 0.3 is 0 Å². The Morgan fingerprint density at radius 2 is 2.10 bits per heavy atom. The molecule has 108 valence electrons. The summed E-state index contributed by atoms with van der Waals surface area (Å²) in [6, 6.07) is 6.40. The lowest BCUT2D eigenvalue weighted by atomic mass is 9.55. The number of carbonyl (C=O) groups is 1. The number of hydrogen-bond donors (Lipinski definition) is 1. The lowest BCUT2D eigenvalue weighted by Gasteiger charge is -2.50. The molecule has 3 atom stereocenters. The molecule has 1 fully saturated rings. The fourth-order valence-corrected chi connectivity index (χ4v) is 4.86. The summed E-state index contributed by atoms with van der Waals surface area (Å²) in [6.07, 6.45) is 3.72. The Kier molecular flexibility index (Phi) is 3.06. The van der Waals surface area contributed by atoms with E-state index in [4.69, 9.17) is 0 Å². The van der Waals surface area contributed by atoms with E-state index in [0.29, 0.717) is 18.6 Å². The third-order valence-electron chi connectivity index (χ3n) is 5.85. The van der Waals surface area contributed by atoms with Gasteiger partial charge in [0.2, 0.25) is 0 Å². The van der Waals surface area contributed by atoms with Crippen LogP contribution in [-0.4, -0.2) is 16.5 Å². The number of rotatable bonds is 2. The first-order valence-corrected chi connectivity index (χ1v) is 7.84. The first-order valence-electron chi connectivity index (χ1n) is 7.84. The number of benzene rings is 1. The Morgan fingerprint density at radius 3 is 2.75 bits per heavy atom. The highest BCUT2D eigenvalue weighted by molar-refractivity contribution is 5.86. The van der Waals surface area contributed by atoms with E-state index >= 15 is 0 Å². The van der Waals surface area contributed by atoms with Crippen LogP contribution in [0.4, 0.5) is 0 Å². The second kappa shape index (κ2) is 4.42. The van der Waals surface area contributed by atoms with Gasteiger partial charge in [0.25, 0.3) is 0 Å². The molecule has 2 aliphatic rings. The lowest BCUT2D eigenvalue weighted by Crippen LogP contribution is -2.58. The minimum atomic E-state index is -0.781. The molecule has 2 aliphatic carbocycles. The molecule has 20 heavy (non-hydrogen) atoms. The van der Waals surface area contributed by atoms with Gasteiger partial charge in [-0.1, -0.05) is 32.0 Å². The number of Topliss-reactive ketones (excluding diaryl/α,β-unsaturated/α-hetero) is 1. The zero-order chi connectivity index (χ0) is 14.5. The summed E-state index contributed by atoms with van der Waals surface area (Å²) in [5.74, 6) is 0.315. The molecule has 3 rings (SSSR count). The Morgan fingerprint density at radius 1 is 1.35 bits per heavy atom. The van der Waals surface area contributed by atoms with Gasteiger partial charge in [0, 0.05) is 17.8 Å². The van der Waals surface area contributed by atoms with E-state index < -0.39 is 5.60 Å². The Labute approximate surface area is 121 Å². The molecule has 0 aliphatic heterocycles. The second-order valence-electron chi connectivity index (χ2n) is 6.63. The average Bonchev–Trinajstić information content (AvgIpc) is 2.80. The molecular formula is C18H24O2. The predicted octanol–water partition coefficient (Wildman–Crippen LogP) is 3.18. The van der Waals surface area contributed by atoms with Crippen molar-refractivity contribution in [3.05, 3.63) is 34.9 Å². The lowest BCUT2D eigenvalue weighted by molar-refractivity contribution is -0.142. The van der Waals surface area contributed by atoms with E-state index in [-0.39, 0.29) is 11.3 Å². The molecule has 1 aromatic carbocycles. The number of aliphatic hydroxyl groups is 1. The Balaban J connectivity index is 2.30. The van der Waals surface area contributed by atoms with Crippen molar-refractivity contribution in [2.24, 2.45) is 5.92 Å². The van der Waals surface area contributed by atoms with Crippen molar-refractivity contribution in [2.75, 3.05) is 0 Å². The number of hydrogen-bond acceptors (Lipinski definition) is 2. The van der Waals surface area contributed by atoms with Crippen LogP contribution in [0.5, 0.6) is 0 Å². The van der Waals surface area contributed by atoms with Crippen LogP contribution in [-0.2, 0) is 23.1 Å². The number of carbonyl (C=O) groups excluding carboxylic acids is 1. The van der Waals surface area contributed by atoms with Gasteiger partial charge in [0.1, 0.15) is 5.78 Å². The minimum Gasteiger partial charge on any atom is -0.389 e. The van der Waals surface area contributed by atoms with Crippen molar-refractivity contribution in [2.45, 2.75) is 63.9 Å². The van der Waals surface area contributed by atoms with Crippen molar-refractivity contribution >= 4 is 5.78 Å². The van der Waals surface area contributed by atoms with Gasteiger partial charge in [-0.15, -0.1) is 0 Å². The number of aryl methyl sites for hydroxylation is 1. The maximum atomic E-state index is 12.5. The highest BCUT2D eigenvalue weighted by Crippen LogP contribution is 2.57. The molecule has 1 unspecified atom stereocenters. The van der Waals surface area contributed by atoms with Crippen LogP contribution in [0, 0.1) is 5.92 Å². The molecule has 2 nitrogen and oxygen atoms in total. The van der Waals surface area contributed by atoms with E-state index in [0.717, 1.165) is 19.3 Å². The summed E-state index contributed by atoms with van der Waals surface area (Å²) in [4.78, 5) is 12.5. The fraction of sp³-hybridized carbons (Fsp3) is 0.611. The third kappa shape index (κ3) is 1.52. The van der Waals surface area contributed by atoms with Crippen LogP contribution in [0.15, 0.2) is 18.2 Å². The third-order valence-corrected chi connectivity index (χ3v) is 5.85. The summed E-state index contributed by atoms with van der Waals surface area (Å²) >= 11 is 0. The monoisotopic (exact) mass is 272 g/mol. The summed E-state index contributed by atoms with van der Waals surface area (Å²) in [5, 5.41) is 11.1. The minimum absolute atomic E-state index is 0.0288. The predicted molar refractivity (Wildman–Crippen MR) is 79.8 cm³/mol. The molecule has 2 heteroatoms. The van der Waals surface area contributed by atoms with Crippen molar-refractivity contribution in [1.29, 1.82) is 0 Å². The van der Waals surface area contributed by atoms with E-state index in [1.54, 1.807) is 0 Å².